The Hall–Kier alpha value is -2.58. The summed E-state index contributed by atoms with van der Waals surface area (Å²) in [4.78, 5) is 7.12. The molecule has 2 N–H and O–H groups in total. The smallest absolute Gasteiger partial charge is 0.191 e. The normalized spacial score (nSPS) is 15.2. The summed E-state index contributed by atoms with van der Waals surface area (Å²) in [6.07, 6.45) is 4.77. The summed E-state index contributed by atoms with van der Waals surface area (Å²) in [5.74, 6) is 1.73. The molecule has 1 aromatic heterocycles. The standard InChI is InChI=1S/C22H34N6O2/c1-2-23-22(24-9-5-11-28-12-6-10-26-28)25-19-20-7-3-4-8-21(20)30-18-15-27-13-16-29-17-14-27/h3-4,6-8,10,12H,2,5,9,11,13-19H2,1H3,(H2,23,24,25). The Morgan fingerprint density at radius 1 is 1.17 bits per heavy atom. The molecule has 0 aliphatic carbocycles. The van der Waals surface area contributed by atoms with Gasteiger partial charge in [-0.05, 0) is 25.5 Å². The summed E-state index contributed by atoms with van der Waals surface area (Å²) in [5.41, 5.74) is 1.09. The molecule has 1 aliphatic heterocycles. The van der Waals surface area contributed by atoms with Crippen molar-refractivity contribution in [2.24, 2.45) is 4.99 Å². The van der Waals surface area contributed by atoms with E-state index < -0.39 is 0 Å². The van der Waals surface area contributed by atoms with Crippen LogP contribution in [0.1, 0.15) is 18.9 Å². The lowest BCUT2D eigenvalue weighted by Gasteiger charge is -2.26. The largest absolute Gasteiger partial charge is 0.492 e. The Morgan fingerprint density at radius 3 is 2.83 bits per heavy atom. The van der Waals surface area contributed by atoms with Crippen molar-refractivity contribution in [2.45, 2.75) is 26.4 Å². The highest BCUT2D eigenvalue weighted by atomic mass is 16.5. The number of nitrogens with one attached hydrogen (secondary N) is 2. The maximum atomic E-state index is 6.07. The van der Waals surface area contributed by atoms with Gasteiger partial charge in [0, 0.05) is 57.2 Å². The molecule has 164 valence electrons. The molecule has 0 atom stereocenters. The molecule has 2 heterocycles. The van der Waals surface area contributed by atoms with E-state index in [9.17, 15) is 0 Å². The molecule has 1 fully saturated rings. The summed E-state index contributed by atoms with van der Waals surface area (Å²) in [5, 5.41) is 10.9. The van der Waals surface area contributed by atoms with E-state index in [1.807, 2.05) is 35.1 Å². The maximum absolute atomic E-state index is 6.07. The van der Waals surface area contributed by atoms with E-state index in [1.165, 1.54) is 0 Å². The van der Waals surface area contributed by atoms with Gasteiger partial charge < -0.3 is 20.1 Å². The number of rotatable bonds is 11. The number of ether oxygens (including phenoxy) is 2. The van der Waals surface area contributed by atoms with Gasteiger partial charge in [0.1, 0.15) is 12.4 Å². The van der Waals surface area contributed by atoms with Gasteiger partial charge in [-0.2, -0.15) is 5.10 Å². The SMILES string of the molecule is CCNC(=NCc1ccccc1OCCN1CCOCC1)NCCCn1cccn1. The molecule has 0 radical (unpaired) electrons. The second kappa shape index (κ2) is 12.9. The minimum absolute atomic E-state index is 0.572. The van der Waals surface area contributed by atoms with Crippen molar-refractivity contribution >= 4 is 5.96 Å². The Bertz CT molecular complexity index is 744. The van der Waals surface area contributed by atoms with Crippen LogP contribution in [-0.2, 0) is 17.8 Å². The van der Waals surface area contributed by atoms with Crippen molar-refractivity contribution in [2.75, 3.05) is 52.5 Å². The van der Waals surface area contributed by atoms with E-state index in [0.717, 1.165) is 76.2 Å². The third-order valence-electron chi connectivity index (χ3n) is 4.91. The number of hydrogen-bond acceptors (Lipinski definition) is 5. The van der Waals surface area contributed by atoms with Gasteiger partial charge in [-0.1, -0.05) is 18.2 Å². The van der Waals surface area contributed by atoms with Crippen LogP contribution >= 0.6 is 0 Å². The first-order valence-electron chi connectivity index (χ1n) is 10.9. The fourth-order valence-electron chi connectivity index (χ4n) is 3.27. The van der Waals surface area contributed by atoms with Crippen molar-refractivity contribution in [1.29, 1.82) is 0 Å². The zero-order valence-electron chi connectivity index (χ0n) is 17.9. The van der Waals surface area contributed by atoms with Gasteiger partial charge in [-0.25, -0.2) is 4.99 Å². The van der Waals surface area contributed by atoms with E-state index >= 15 is 0 Å². The fraction of sp³-hybridized carbons (Fsp3) is 0.545. The maximum Gasteiger partial charge on any atom is 0.191 e. The van der Waals surface area contributed by atoms with Gasteiger partial charge in [0.2, 0.25) is 0 Å². The zero-order chi connectivity index (χ0) is 20.9. The Labute approximate surface area is 179 Å². The number of benzene rings is 1. The summed E-state index contributed by atoms with van der Waals surface area (Å²) in [6.45, 7) is 10.4. The topological polar surface area (TPSA) is 75.9 Å². The van der Waals surface area contributed by atoms with Crippen LogP contribution in [0.2, 0.25) is 0 Å². The molecule has 3 rings (SSSR count). The van der Waals surface area contributed by atoms with Crippen molar-refractivity contribution < 1.29 is 9.47 Å². The van der Waals surface area contributed by atoms with E-state index in [-0.39, 0.29) is 0 Å². The number of aryl methyl sites for hydroxylation is 1. The highest BCUT2D eigenvalue weighted by Gasteiger charge is 2.10. The molecule has 2 aromatic rings. The number of nitrogens with zero attached hydrogens (tertiary/aromatic N) is 4. The van der Waals surface area contributed by atoms with Gasteiger partial charge >= 0.3 is 0 Å². The number of aliphatic imine (C=N–C) groups is 1. The van der Waals surface area contributed by atoms with Crippen LogP contribution in [0, 0.1) is 0 Å². The first-order valence-corrected chi connectivity index (χ1v) is 10.9. The third-order valence-corrected chi connectivity index (χ3v) is 4.91. The number of morpholine rings is 1. The Kier molecular flexibility index (Phi) is 9.49. The molecule has 30 heavy (non-hydrogen) atoms. The molecule has 0 unspecified atom stereocenters. The molecule has 8 heteroatoms. The number of para-hydroxylation sites is 1. The van der Waals surface area contributed by atoms with E-state index in [1.54, 1.807) is 6.20 Å². The van der Waals surface area contributed by atoms with Crippen molar-refractivity contribution in [1.82, 2.24) is 25.3 Å². The van der Waals surface area contributed by atoms with Crippen LogP contribution in [0.25, 0.3) is 0 Å². The molecule has 1 aliphatic rings. The van der Waals surface area contributed by atoms with Crippen molar-refractivity contribution in [3.63, 3.8) is 0 Å². The average Bonchev–Trinajstić information content (AvgIpc) is 3.30. The average molecular weight is 415 g/mol. The molecule has 0 spiro atoms. The quantitative estimate of drug-likeness (QED) is 0.331. The van der Waals surface area contributed by atoms with Crippen LogP contribution in [0.15, 0.2) is 47.7 Å². The summed E-state index contributed by atoms with van der Waals surface area (Å²) in [6, 6.07) is 10.1. The summed E-state index contributed by atoms with van der Waals surface area (Å²) < 4.78 is 13.4. The van der Waals surface area contributed by atoms with Crippen molar-refractivity contribution in [3.05, 3.63) is 48.3 Å². The number of guanidine groups is 1. The van der Waals surface area contributed by atoms with Gasteiger partial charge in [0.25, 0.3) is 0 Å². The Balaban J connectivity index is 1.46. The van der Waals surface area contributed by atoms with E-state index in [2.05, 4.69) is 33.6 Å². The third kappa shape index (κ3) is 7.68. The monoisotopic (exact) mass is 414 g/mol. The fourth-order valence-corrected chi connectivity index (χ4v) is 3.27. The molecule has 0 saturated carbocycles. The zero-order valence-corrected chi connectivity index (χ0v) is 17.9. The minimum atomic E-state index is 0.572. The van der Waals surface area contributed by atoms with Gasteiger partial charge in [0.15, 0.2) is 5.96 Å². The molecule has 8 nitrogen and oxygen atoms in total. The first kappa shape index (κ1) is 22.1. The molecule has 1 saturated heterocycles. The lowest BCUT2D eigenvalue weighted by atomic mass is 10.2. The second-order valence-corrected chi connectivity index (χ2v) is 7.15. The summed E-state index contributed by atoms with van der Waals surface area (Å²) >= 11 is 0. The molecule has 0 bridgehead atoms. The predicted octanol–water partition coefficient (Wildman–Crippen LogP) is 1.74. The molecule has 1 aromatic carbocycles. The molecule has 0 amide bonds. The number of hydrogen-bond donors (Lipinski definition) is 2. The van der Waals surface area contributed by atoms with Gasteiger partial charge in [-0.15, -0.1) is 0 Å². The highest BCUT2D eigenvalue weighted by molar-refractivity contribution is 5.79. The highest BCUT2D eigenvalue weighted by Crippen LogP contribution is 2.19. The lowest BCUT2D eigenvalue weighted by molar-refractivity contribution is 0.0322. The van der Waals surface area contributed by atoms with Gasteiger partial charge in [-0.3, -0.25) is 9.58 Å². The molecular formula is C22H34N6O2. The first-order chi connectivity index (χ1) is 14.8. The second-order valence-electron chi connectivity index (χ2n) is 7.15. The van der Waals surface area contributed by atoms with Crippen molar-refractivity contribution in [3.8, 4) is 5.75 Å². The Morgan fingerprint density at radius 2 is 2.03 bits per heavy atom. The van der Waals surface area contributed by atoms with Crippen LogP contribution in [-0.4, -0.2) is 73.2 Å². The minimum Gasteiger partial charge on any atom is -0.492 e. The van der Waals surface area contributed by atoms with E-state index in [4.69, 9.17) is 14.5 Å². The van der Waals surface area contributed by atoms with Crippen LogP contribution in [0.3, 0.4) is 0 Å². The van der Waals surface area contributed by atoms with Crippen LogP contribution < -0.4 is 15.4 Å². The van der Waals surface area contributed by atoms with Crippen LogP contribution in [0.4, 0.5) is 0 Å². The number of aromatic nitrogens is 2. The summed E-state index contributed by atoms with van der Waals surface area (Å²) in [7, 11) is 0. The molecular weight excluding hydrogens is 380 g/mol. The lowest BCUT2D eigenvalue weighted by Crippen LogP contribution is -2.38. The van der Waals surface area contributed by atoms with E-state index in [0.29, 0.717) is 13.2 Å². The van der Waals surface area contributed by atoms with Crippen LogP contribution in [0.5, 0.6) is 5.75 Å². The van der Waals surface area contributed by atoms with Gasteiger partial charge in [0.05, 0.1) is 19.8 Å². The predicted molar refractivity (Wildman–Crippen MR) is 119 cm³/mol.